The zero-order chi connectivity index (χ0) is 12.4. The second kappa shape index (κ2) is 4.32. The second-order valence-electron chi connectivity index (χ2n) is 3.61. The number of carboxylic acids is 1. The molecule has 1 N–H and O–H groups in total. The summed E-state index contributed by atoms with van der Waals surface area (Å²) in [6.45, 7) is 1.83. The summed E-state index contributed by atoms with van der Waals surface area (Å²) in [4.78, 5) is 11.0. The van der Waals surface area contributed by atoms with Crippen LogP contribution in [0.15, 0.2) is 24.3 Å². The lowest BCUT2D eigenvalue weighted by Crippen LogP contribution is -2.11. The molecule has 17 heavy (non-hydrogen) atoms. The van der Waals surface area contributed by atoms with Crippen molar-refractivity contribution in [3.8, 4) is 0 Å². The van der Waals surface area contributed by atoms with E-state index in [1.54, 1.807) is 19.1 Å². The summed E-state index contributed by atoms with van der Waals surface area (Å²) in [6, 6.07) is 5.80. The van der Waals surface area contributed by atoms with E-state index >= 15 is 0 Å². The first-order valence-corrected chi connectivity index (χ1v) is 4.96. The second-order valence-corrected chi connectivity index (χ2v) is 3.61. The van der Waals surface area contributed by atoms with Crippen LogP contribution in [-0.2, 0) is 6.54 Å². The van der Waals surface area contributed by atoms with Gasteiger partial charge in [0.05, 0.1) is 12.2 Å². The smallest absolute Gasteiger partial charge is 0.356 e. The molecule has 1 aromatic heterocycles. The van der Waals surface area contributed by atoms with E-state index in [9.17, 15) is 9.18 Å². The highest BCUT2D eigenvalue weighted by molar-refractivity contribution is 5.86. The summed E-state index contributed by atoms with van der Waals surface area (Å²) in [5, 5.41) is 16.5. The molecule has 0 spiro atoms. The number of aryl methyl sites for hydroxylation is 1. The van der Waals surface area contributed by atoms with Crippen LogP contribution in [0, 0.1) is 12.7 Å². The molecule has 5 nitrogen and oxygen atoms in total. The molecule has 88 valence electrons. The van der Waals surface area contributed by atoms with E-state index in [0.29, 0.717) is 5.69 Å². The predicted molar refractivity (Wildman–Crippen MR) is 57.2 cm³/mol. The minimum Gasteiger partial charge on any atom is -0.476 e. The fourth-order valence-corrected chi connectivity index (χ4v) is 1.54. The van der Waals surface area contributed by atoms with Gasteiger partial charge in [0.2, 0.25) is 0 Å². The lowest BCUT2D eigenvalue weighted by Gasteiger charge is -2.03. The minimum absolute atomic E-state index is 0.0503. The normalized spacial score (nSPS) is 10.5. The number of hydrogen-bond acceptors (Lipinski definition) is 3. The molecule has 6 heteroatoms. The third-order valence-electron chi connectivity index (χ3n) is 2.35. The summed E-state index contributed by atoms with van der Waals surface area (Å²) in [5.74, 6) is -1.41. The molecule has 0 unspecified atom stereocenters. The van der Waals surface area contributed by atoms with Gasteiger partial charge in [-0.25, -0.2) is 13.9 Å². The summed E-state index contributed by atoms with van der Waals surface area (Å²) in [7, 11) is 0. The van der Waals surface area contributed by atoms with E-state index in [1.807, 2.05) is 0 Å². The van der Waals surface area contributed by atoms with Crippen LogP contribution in [0.5, 0.6) is 0 Å². The first-order valence-electron chi connectivity index (χ1n) is 4.96. The molecule has 0 saturated carbocycles. The molecule has 0 aliphatic rings. The minimum atomic E-state index is -1.07. The molecule has 0 saturated heterocycles. The monoisotopic (exact) mass is 235 g/mol. The molecule has 2 aromatic rings. The van der Waals surface area contributed by atoms with Crippen molar-refractivity contribution in [1.82, 2.24) is 15.0 Å². The highest BCUT2D eigenvalue weighted by Gasteiger charge is 2.16. The van der Waals surface area contributed by atoms with Crippen LogP contribution in [0.1, 0.15) is 21.7 Å². The standard InChI is InChI=1S/C11H10FN3O2/c1-7-10(11(16)17)15(14-13-7)6-8-2-4-9(12)5-3-8/h2-5H,6H2,1H3,(H,16,17). The Bertz CT molecular complexity index is 548. The zero-order valence-corrected chi connectivity index (χ0v) is 9.09. The largest absolute Gasteiger partial charge is 0.476 e. The fourth-order valence-electron chi connectivity index (χ4n) is 1.54. The van der Waals surface area contributed by atoms with Crippen molar-refractivity contribution in [3.63, 3.8) is 0 Å². The van der Waals surface area contributed by atoms with Crippen molar-refractivity contribution in [2.24, 2.45) is 0 Å². The van der Waals surface area contributed by atoms with Crippen molar-refractivity contribution in [3.05, 3.63) is 47.0 Å². The number of benzene rings is 1. The average Bonchev–Trinajstić information content (AvgIpc) is 2.63. The van der Waals surface area contributed by atoms with Crippen LogP contribution in [0.2, 0.25) is 0 Å². The summed E-state index contributed by atoms with van der Waals surface area (Å²) >= 11 is 0. The van der Waals surface area contributed by atoms with E-state index in [1.165, 1.54) is 16.8 Å². The summed E-state index contributed by atoms with van der Waals surface area (Å²) in [5.41, 5.74) is 1.17. The van der Waals surface area contributed by atoms with Crippen molar-refractivity contribution >= 4 is 5.97 Å². The lowest BCUT2D eigenvalue weighted by atomic mass is 10.2. The Balaban J connectivity index is 2.30. The molecule has 0 amide bonds. The summed E-state index contributed by atoms with van der Waals surface area (Å²) in [6.07, 6.45) is 0. The van der Waals surface area contributed by atoms with Gasteiger partial charge < -0.3 is 5.11 Å². The molecular weight excluding hydrogens is 225 g/mol. The maximum absolute atomic E-state index is 12.7. The van der Waals surface area contributed by atoms with Gasteiger partial charge in [-0.2, -0.15) is 0 Å². The number of aromatic nitrogens is 3. The Morgan fingerprint density at radius 3 is 2.65 bits per heavy atom. The van der Waals surface area contributed by atoms with Gasteiger partial charge in [-0.3, -0.25) is 0 Å². The zero-order valence-electron chi connectivity index (χ0n) is 9.09. The lowest BCUT2D eigenvalue weighted by molar-refractivity contribution is 0.0683. The topological polar surface area (TPSA) is 68.0 Å². The van der Waals surface area contributed by atoms with E-state index in [4.69, 9.17) is 5.11 Å². The third kappa shape index (κ3) is 2.30. The van der Waals surface area contributed by atoms with Gasteiger partial charge in [-0.1, -0.05) is 17.3 Å². The molecule has 0 bridgehead atoms. The van der Waals surface area contributed by atoms with Gasteiger partial charge in [-0.05, 0) is 24.6 Å². The molecule has 0 fully saturated rings. The maximum Gasteiger partial charge on any atom is 0.356 e. The van der Waals surface area contributed by atoms with Gasteiger partial charge in [0, 0.05) is 0 Å². The Hall–Kier alpha value is -2.24. The summed E-state index contributed by atoms with van der Waals surface area (Å²) < 4.78 is 14.0. The van der Waals surface area contributed by atoms with Gasteiger partial charge in [0.1, 0.15) is 5.82 Å². The molecule has 0 aliphatic carbocycles. The van der Waals surface area contributed by atoms with Crippen molar-refractivity contribution in [2.75, 3.05) is 0 Å². The van der Waals surface area contributed by atoms with E-state index in [2.05, 4.69) is 10.3 Å². The van der Waals surface area contributed by atoms with E-state index in [-0.39, 0.29) is 18.1 Å². The number of rotatable bonds is 3. The fraction of sp³-hybridized carbons (Fsp3) is 0.182. The van der Waals surface area contributed by atoms with Crippen LogP contribution >= 0.6 is 0 Å². The number of nitrogens with zero attached hydrogens (tertiary/aromatic N) is 3. The van der Waals surface area contributed by atoms with Crippen molar-refractivity contribution < 1.29 is 14.3 Å². The van der Waals surface area contributed by atoms with Crippen molar-refractivity contribution in [1.29, 1.82) is 0 Å². The van der Waals surface area contributed by atoms with Gasteiger partial charge in [0.25, 0.3) is 0 Å². The molecule has 1 aromatic carbocycles. The Labute approximate surface area is 96.5 Å². The third-order valence-corrected chi connectivity index (χ3v) is 2.35. The number of halogens is 1. The van der Waals surface area contributed by atoms with Crippen LogP contribution in [0.3, 0.4) is 0 Å². The number of hydrogen-bond donors (Lipinski definition) is 1. The highest BCUT2D eigenvalue weighted by Crippen LogP contribution is 2.09. The van der Waals surface area contributed by atoms with Crippen LogP contribution < -0.4 is 0 Å². The quantitative estimate of drug-likeness (QED) is 0.874. The Morgan fingerprint density at radius 2 is 2.06 bits per heavy atom. The number of carbonyl (C=O) groups is 1. The average molecular weight is 235 g/mol. The first kappa shape index (κ1) is 11.3. The van der Waals surface area contributed by atoms with Crippen molar-refractivity contribution in [2.45, 2.75) is 13.5 Å². The van der Waals surface area contributed by atoms with E-state index < -0.39 is 5.97 Å². The Kier molecular flexibility index (Phi) is 2.86. The number of carboxylic acid groups (broad SMARTS) is 1. The van der Waals surface area contributed by atoms with Crippen LogP contribution in [0.4, 0.5) is 4.39 Å². The Morgan fingerprint density at radius 1 is 1.41 bits per heavy atom. The SMILES string of the molecule is Cc1nnn(Cc2ccc(F)cc2)c1C(=O)O. The van der Waals surface area contributed by atoms with E-state index in [0.717, 1.165) is 5.56 Å². The number of aromatic carboxylic acids is 1. The molecule has 0 atom stereocenters. The van der Waals surface area contributed by atoms with Crippen LogP contribution in [-0.4, -0.2) is 26.1 Å². The van der Waals surface area contributed by atoms with Gasteiger partial charge in [-0.15, -0.1) is 5.10 Å². The molecule has 0 aliphatic heterocycles. The predicted octanol–water partition coefficient (Wildman–Crippen LogP) is 1.47. The first-order chi connectivity index (χ1) is 8.08. The highest BCUT2D eigenvalue weighted by atomic mass is 19.1. The maximum atomic E-state index is 12.7. The molecule has 0 radical (unpaired) electrons. The molecule has 2 rings (SSSR count). The van der Waals surface area contributed by atoms with Gasteiger partial charge >= 0.3 is 5.97 Å². The molecule has 1 heterocycles. The van der Waals surface area contributed by atoms with Gasteiger partial charge in [0.15, 0.2) is 5.69 Å². The van der Waals surface area contributed by atoms with Crippen LogP contribution in [0.25, 0.3) is 0 Å². The molecular formula is C11H10FN3O2.